The molecule has 2 rings (SSSR count). The van der Waals surface area contributed by atoms with Gasteiger partial charge in [-0.1, -0.05) is 20.8 Å². The Balaban J connectivity index is 0.00000312. The van der Waals surface area contributed by atoms with Gasteiger partial charge in [-0.25, -0.2) is 4.98 Å². The molecule has 2 aromatic rings. The molecule has 0 aliphatic heterocycles. The lowest BCUT2D eigenvalue weighted by Crippen LogP contribution is -2.39. The Morgan fingerprint density at radius 2 is 2.04 bits per heavy atom. The second-order valence-electron chi connectivity index (χ2n) is 6.04. The zero-order chi connectivity index (χ0) is 17.4. The average molecular weight is 460 g/mol. The van der Waals surface area contributed by atoms with E-state index in [0.29, 0.717) is 12.5 Å². The number of halogens is 1. The van der Waals surface area contributed by atoms with Crippen LogP contribution < -0.4 is 10.6 Å². The first-order chi connectivity index (χ1) is 11.6. The molecule has 8 nitrogen and oxygen atoms in total. The molecule has 0 atom stereocenters. The van der Waals surface area contributed by atoms with Crippen molar-refractivity contribution >= 4 is 29.9 Å². The lowest BCUT2D eigenvalue weighted by molar-refractivity contribution is 0.503. The third kappa shape index (κ3) is 6.63. The van der Waals surface area contributed by atoms with Gasteiger partial charge in [-0.3, -0.25) is 4.99 Å². The Morgan fingerprint density at radius 1 is 1.24 bits per heavy atom. The number of nitrogens with one attached hydrogen (secondary N) is 2. The maximum absolute atomic E-state index is 4.42. The standard InChI is InChI=1S/C16H28N8.HI/c1-5-14-22-21-12-24(14)9-7-19-16(17-4)20-10-15-18-6-8-23(15)11-13(2)3;/h6,8,12-13H,5,7,9-11H2,1-4H3,(H2,17,19,20);1H. The molecular weight excluding hydrogens is 431 g/mol. The van der Waals surface area contributed by atoms with E-state index in [0.717, 1.165) is 43.7 Å². The van der Waals surface area contributed by atoms with Crippen molar-refractivity contribution in [2.24, 2.45) is 10.9 Å². The Morgan fingerprint density at radius 3 is 2.72 bits per heavy atom. The first-order valence-electron chi connectivity index (χ1n) is 8.45. The molecule has 2 heterocycles. The first-order valence-corrected chi connectivity index (χ1v) is 8.45. The normalized spacial score (nSPS) is 11.5. The molecule has 0 radical (unpaired) electrons. The third-order valence-electron chi connectivity index (χ3n) is 3.66. The number of aromatic nitrogens is 5. The van der Waals surface area contributed by atoms with Gasteiger partial charge in [0.05, 0.1) is 6.54 Å². The van der Waals surface area contributed by atoms with Crippen LogP contribution >= 0.6 is 24.0 Å². The Bertz CT molecular complexity index is 646. The minimum atomic E-state index is 0. The smallest absolute Gasteiger partial charge is 0.191 e. The van der Waals surface area contributed by atoms with Crippen molar-refractivity contribution in [2.45, 2.75) is 46.8 Å². The molecule has 0 unspecified atom stereocenters. The highest BCUT2D eigenvalue weighted by Gasteiger charge is 2.06. The van der Waals surface area contributed by atoms with E-state index in [1.54, 1.807) is 13.4 Å². The van der Waals surface area contributed by atoms with Crippen molar-refractivity contribution in [3.8, 4) is 0 Å². The van der Waals surface area contributed by atoms with E-state index in [2.05, 4.69) is 60.7 Å². The van der Waals surface area contributed by atoms with Gasteiger partial charge in [0.1, 0.15) is 18.0 Å². The van der Waals surface area contributed by atoms with Gasteiger partial charge >= 0.3 is 0 Å². The summed E-state index contributed by atoms with van der Waals surface area (Å²) in [6.45, 7) is 9.65. The molecule has 9 heteroatoms. The van der Waals surface area contributed by atoms with Gasteiger partial charge in [0.15, 0.2) is 5.96 Å². The first kappa shape index (κ1) is 21.4. The number of hydrogen-bond donors (Lipinski definition) is 2. The van der Waals surface area contributed by atoms with Crippen LogP contribution in [0.15, 0.2) is 23.7 Å². The summed E-state index contributed by atoms with van der Waals surface area (Å²) in [6, 6.07) is 0. The number of guanidine groups is 1. The van der Waals surface area contributed by atoms with E-state index < -0.39 is 0 Å². The van der Waals surface area contributed by atoms with Crippen LogP contribution in [-0.4, -0.2) is 43.9 Å². The zero-order valence-electron chi connectivity index (χ0n) is 15.4. The molecule has 2 aromatic heterocycles. The zero-order valence-corrected chi connectivity index (χ0v) is 17.8. The molecule has 2 N–H and O–H groups in total. The summed E-state index contributed by atoms with van der Waals surface area (Å²) >= 11 is 0. The fraction of sp³-hybridized carbons (Fsp3) is 0.625. The molecule has 0 fully saturated rings. The number of hydrogen-bond acceptors (Lipinski definition) is 4. The topological polar surface area (TPSA) is 84.9 Å². The molecule has 0 aromatic carbocycles. The summed E-state index contributed by atoms with van der Waals surface area (Å²) in [7, 11) is 1.77. The summed E-state index contributed by atoms with van der Waals surface area (Å²) < 4.78 is 4.23. The molecular formula is C16H29IN8. The SMILES string of the molecule is CCc1nncn1CCNC(=NC)NCc1nccn1CC(C)C.I. The monoisotopic (exact) mass is 460 g/mol. The van der Waals surface area contributed by atoms with E-state index >= 15 is 0 Å². The van der Waals surface area contributed by atoms with Gasteiger partial charge in [-0.15, -0.1) is 34.2 Å². The van der Waals surface area contributed by atoms with Gasteiger partial charge in [0, 0.05) is 45.5 Å². The highest BCUT2D eigenvalue weighted by molar-refractivity contribution is 14.0. The number of imidazole rings is 1. The van der Waals surface area contributed by atoms with Crippen molar-refractivity contribution in [1.29, 1.82) is 0 Å². The van der Waals surface area contributed by atoms with E-state index in [1.807, 2.05) is 12.4 Å². The van der Waals surface area contributed by atoms with Crippen LogP contribution in [0, 0.1) is 5.92 Å². The quantitative estimate of drug-likeness (QED) is 0.356. The van der Waals surface area contributed by atoms with Crippen molar-refractivity contribution in [3.63, 3.8) is 0 Å². The molecule has 0 amide bonds. The minimum Gasteiger partial charge on any atom is -0.355 e. The van der Waals surface area contributed by atoms with Crippen LogP contribution in [0.4, 0.5) is 0 Å². The summed E-state index contributed by atoms with van der Waals surface area (Å²) in [5, 5.41) is 14.6. The summed E-state index contributed by atoms with van der Waals surface area (Å²) in [6.07, 6.45) is 6.50. The van der Waals surface area contributed by atoms with E-state index in [1.165, 1.54) is 0 Å². The number of aryl methyl sites for hydroxylation is 1. The van der Waals surface area contributed by atoms with Crippen LogP contribution in [0.25, 0.3) is 0 Å². The van der Waals surface area contributed by atoms with Crippen LogP contribution in [-0.2, 0) is 26.1 Å². The molecule has 0 spiro atoms. The molecule has 0 aliphatic carbocycles. The number of aliphatic imine (C=N–C) groups is 1. The fourth-order valence-electron chi connectivity index (χ4n) is 2.48. The summed E-state index contributed by atoms with van der Waals surface area (Å²) in [5.41, 5.74) is 0. The van der Waals surface area contributed by atoms with E-state index in [4.69, 9.17) is 0 Å². The van der Waals surface area contributed by atoms with Crippen LogP contribution in [0.3, 0.4) is 0 Å². The maximum atomic E-state index is 4.42. The number of nitrogens with zero attached hydrogens (tertiary/aromatic N) is 6. The third-order valence-corrected chi connectivity index (χ3v) is 3.66. The molecule has 0 saturated carbocycles. The van der Waals surface area contributed by atoms with Crippen LogP contribution in [0.2, 0.25) is 0 Å². The highest BCUT2D eigenvalue weighted by atomic mass is 127. The second kappa shape index (κ2) is 11.1. The highest BCUT2D eigenvalue weighted by Crippen LogP contribution is 2.03. The van der Waals surface area contributed by atoms with Gasteiger partial charge in [0.25, 0.3) is 0 Å². The van der Waals surface area contributed by atoms with Gasteiger partial charge in [-0.05, 0) is 5.92 Å². The Labute approximate surface area is 166 Å². The average Bonchev–Trinajstić information content (AvgIpc) is 3.19. The van der Waals surface area contributed by atoms with Crippen LogP contribution in [0.5, 0.6) is 0 Å². The maximum Gasteiger partial charge on any atom is 0.191 e. The van der Waals surface area contributed by atoms with Gasteiger partial charge < -0.3 is 19.8 Å². The fourth-order valence-corrected chi connectivity index (χ4v) is 2.48. The van der Waals surface area contributed by atoms with Gasteiger partial charge in [0.2, 0.25) is 0 Å². The van der Waals surface area contributed by atoms with Crippen molar-refractivity contribution < 1.29 is 0 Å². The predicted molar refractivity (Wildman–Crippen MR) is 110 cm³/mol. The molecule has 0 saturated heterocycles. The molecule has 0 bridgehead atoms. The minimum absolute atomic E-state index is 0. The number of rotatable bonds is 8. The van der Waals surface area contributed by atoms with Crippen molar-refractivity contribution in [3.05, 3.63) is 30.4 Å². The molecule has 25 heavy (non-hydrogen) atoms. The summed E-state index contributed by atoms with van der Waals surface area (Å²) in [4.78, 5) is 8.67. The molecule has 0 aliphatic rings. The van der Waals surface area contributed by atoms with Crippen molar-refractivity contribution in [1.82, 2.24) is 34.9 Å². The second-order valence-corrected chi connectivity index (χ2v) is 6.04. The van der Waals surface area contributed by atoms with Crippen molar-refractivity contribution in [2.75, 3.05) is 13.6 Å². The Kier molecular flexibility index (Phi) is 9.46. The lowest BCUT2D eigenvalue weighted by Gasteiger charge is -2.14. The van der Waals surface area contributed by atoms with E-state index in [-0.39, 0.29) is 24.0 Å². The van der Waals surface area contributed by atoms with E-state index in [9.17, 15) is 0 Å². The summed E-state index contributed by atoms with van der Waals surface area (Å²) in [5.74, 6) is 3.36. The Hall–Kier alpha value is -1.65. The van der Waals surface area contributed by atoms with Gasteiger partial charge in [-0.2, -0.15) is 0 Å². The van der Waals surface area contributed by atoms with Crippen LogP contribution in [0.1, 0.15) is 32.4 Å². The largest absolute Gasteiger partial charge is 0.355 e. The lowest BCUT2D eigenvalue weighted by atomic mass is 10.2. The molecule has 140 valence electrons. The predicted octanol–water partition coefficient (Wildman–Crippen LogP) is 1.68.